The third kappa shape index (κ3) is 2.02. The summed E-state index contributed by atoms with van der Waals surface area (Å²) in [6.45, 7) is 5.46. The molecule has 2 N–H and O–H groups in total. The molecule has 2 nitrogen and oxygen atoms in total. The van der Waals surface area contributed by atoms with Crippen molar-refractivity contribution in [3.63, 3.8) is 0 Å². The molecule has 0 saturated heterocycles. The summed E-state index contributed by atoms with van der Waals surface area (Å²) in [5.74, 6) is 0. The summed E-state index contributed by atoms with van der Waals surface area (Å²) in [5, 5.41) is 1.33. The van der Waals surface area contributed by atoms with E-state index >= 15 is 0 Å². The summed E-state index contributed by atoms with van der Waals surface area (Å²) >= 11 is 0. The number of aryl methyl sites for hydroxylation is 1. The maximum absolute atomic E-state index is 5.64. The van der Waals surface area contributed by atoms with Gasteiger partial charge in [0, 0.05) is 23.6 Å². The fourth-order valence-electron chi connectivity index (χ4n) is 2.09. The molecule has 0 radical (unpaired) electrons. The number of fused-ring (bicyclic) bond motifs is 1. The van der Waals surface area contributed by atoms with Gasteiger partial charge in [-0.25, -0.2) is 0 Å². The van der Waals surface area contributed by atoms with Crippen molar-refractivity contribution in [3.8, 4) is 0 Å². The second-order valence-corrected chi connectivity index (χ2v) is 3.98. The van der Waals surface area contributed by atoms with Crippen molar-refractivity contribution in [1.82, 2.24) is 4.57 Å². The minimum Gasteiger partial charge on any atom is -0.347 e. The Hall–Kier alpha value is -1.54. The summed E-state index contributed by atoms with van der Waals surface area (Å²) < 4.78 is 2.29. The van der Waals surface area contributed by atoms with Crippen LogP contribution in [0.1, 0.15) is 12.0 Å². The third-order valence-corrected chi connectivity index (χ3v) is 2.86. The van der Waals surface area contributed by atoms with Crippen LogP contribution in [0.15, 0.2) is 43.1 Å². The van der Waals surface area contributed by atoms with Crippen molar-refractivity contribution in [3.05, 3.63) is 48.7 Å². The Morgan fingerprint density at radius 1 is 1.31 bits per heavy atom. The van der Waals surface area contributed by atoms with Crippen molar-refractivity contribution in [2.45, 2.75) is 19.4 Å². The van der Waals surface area contributed by atoms with Crippen LogP contribution >= 0.6 is 0 Å². The molecule has 0 bridgehead atoms. The first-order valence-electron chi connectivity index (χ1n) is 5.74. The van der Waals surface area contributed by atoms with Gasteiger partial charge in [0.2, 0.25) is 0 Å². The SMILES string of the molecule is C=CCCn1cc(CCN)c2ccccc21. The molecule has 1 heterocycles. The smallest absolute Gasteiger partial charge is 0.0483 e. The highest BCUT2D eigenvalue weighted by molar-refractivity contribution is 5.84. The zero-order chi connectivity index (χ0) is 11.4. The molecule has 0 aliphatic carbocycles. The predicted molar refractivity (Wildman–Crippen MR) is 69.5 cm³/mol. The molecule has 2 heteroatoms. The van der Waals surface area contributed by atoms with Crippen LogP contribution in [0.3, 0.4) is 0 Å². The van der Waals surface area contributed by atoms with Crippen LogP contribution < -0.4 is 5.73 Å². The number of hydrogen-bond acceptors (Lipinski definition) is 1. The lowest BCUT2D eigenvalue weighted by Gasteiger charge is -2.01. The Morgan fingerprint density at radius 2 is 2.12 bits per heavy atom. The van der Waals surface area contributed by atoms with Gasteiger partial charge in [-0.3, -0.25) is 0 Å². The van der Waals surface area contributed by atoms with Crippen LogP contribution in [0.5, 0.6) is 0 Å². The number of hydrogen-bond donors (Lipinski definition) is 1. The van der Waals surface area contributed by atoms with Crippen LogP contribution in [0.25, 0.3) is 10.9 Å². The van der Waals surface area contributed by atoms with Crippen LogP contribution in [-0.4, -0.2) is 11.1 Å². The van der Waals surface area contributed by atoms with Gasteiger partial charge < -0.3 is 10.3 Å². The van der Waals surface area contributed by atoms with Crippen molar-refractivity contribution >= 4 is 10.9 Å². The first kappa shape index (κ1) is 11.0. The Morgan fingerprint density at radius 3 is 2.88 bits per heavy atom. The molecule has 0 spiro atoms. The molecule has 0 atom stereocenters. The van der Waals surface area contributed by atoms with E-state index in [-0.39, 0.29) is 0 Å². The van der Waals surface area contributed by atoms with Crippen LogP contribution in [0.4, 0.5) is 0 Å². The Labute approximate surface area is 96.4 Å². The summed E-state index contributed by atoms with van der Waals surface area (Å²) in [7, 11) is 0. The summed E-state index contributed by atoms with van der Waals surface area (Å²) in [6.07, 6.45) is 6.13. The van der Waals surface area contributed by atoms with Gasteiger partial charge in [-0.1, -0.05) is 24.3 Å². The third-order valence-electron chi connectivity index (χ3n) is 2.86. The summed E-state index contributed by atoms with van der Waals surface area (Å²) in [6, 6.07) is 8.50. The Bertz CT molecular complexity index is 482. The highest BCUT2D eigenvalue weighted by Gasteiger charge is 2.06. The molecular formula is C14H18N2. The second kappa shape index (κ2) is 4.99. The van der Waals surface area contributed by atoms with Gasteiger partial charge in [0.1, 0.15) is 0 Å². The largest absolute Gasteiger partial charge is 0.347 e. The van der Waals surface area contributed by atoms with E-state index in [1.807, 2.05) is 6.08 Å². The van der Waals surface area contributed by atoms with Gasteiger partial charge in [0.15, 0.2) is 0 Å². The lowest BCUT2D eigenvalue weighted by Crippen LogP contribution is -2.02. The van der Waals surface area contributed by atoms with E-state index in [9.17, 15) is 0 Å². The van der Waals surface area contributed by atoms with E-state index in [4.69, 9.17) is 5.73 Å². The van der Waals surface area contributed by atoms with E-state index in [1.165, 1.54) is 16.5 Å². The number of nitrogens with zero attached hydrogens (tertiary/aromatic N) is 1. The van der Waals surface area contributed by atoms with Gasteiger partial charge in [-0.2, -0.15) is 0 Å². The topological polar surface area (TPSA) is 30.9 Å². The van der Waals surface area contributed by atoms with Gasteiger partial charge in [0.05, 0.1) is 0 Å². The number of aromatic nitrogens is 1. The molecule has 0 amide bonds. The molecule has 0 unspecified atom stereocenters. The van der Waals surface area contributed by atoms with E-state index < -0.39 is 0 Å². The molecule has 0 aliphatic rings. The Balaban J connectivity index is 2.44. The molecule has 2 rings (SSSR count). The molecule has 2 aromatic rings. The van der Waals surface area contributed by atoms with Gasteiger partial charge in [0.25, 0.3) is 0 Å². The van der Waals surface area contributed by atoms with Crippen LogP contribution in [-0.2, 0) is 13.0 Å². The molecule has 84 valence electrons. The average molecular weight is 214 g/mol. The van der Waals surface area contributed by atoms with Crippen LogP contribution in [0.2, 0.25) is 0 Å². The van der Waals surface area contributed by atoms with Crippen molar-refractivity contribution < 1.29 is 0 Å². The summed E-state index contributed by atoms with van der Waals surface area (Å²) in [5.41, 5.74) is 8.28. The number of nitrogens with two attached hydrogens (primary N) is 1. The fraction of sp³-hybridized carbons (Fsp3) is 0.286. The molecule has 1 aromatic heterocycles. The highest BCUT2D eigenvalue weighted by Crippen LogP contribution is 2.21. The molecule has 0 fully saturated rings. The number of allylic oxidation sites excluding steroid dienone is 1. The first-order valence-corrected chi connectivity index (χ1v) is 5.74. The Kier molecular flexibility index (Phi) is 3.42. The van der Waals surface area contributed by atoms with E-state index in [0.717, 1.165) is 19.4 Å². The zero-order valence-corrected chi connectivity index (χ0v) is 9.52. The first-order chi connectivity index (χ1) is 7.86. The summed E-state index contributed by atoms with van der Waals surface area (Å²) in [4.78, 5) is 0. The maximum Gasteiger partial charge on any atom is 0.0483 e. The number of para-hydroxylation sites is 1. The van der Waals surface area contributed by atoms with E-state index in [2.05, 4.69) is 41.6 Å². The van der Waals surface area contributed by atoms with Gasteiger partial charge >= 0.3 is 0 Å². The van der Waals surface area contributed by atoms with Crippen molar-refractivity contribution in [2.75, 3.05) is 6.54 Å². The number of benzene rings is 1. The quantitative estimate of drug-likeness (QED) is 0.762. The van der Waals surface area contributed by atoms with Gasteiger partial charge in [-0.15, -0.1) is 6.58 Å². The minimum atomic E-state index is 0.704. The van der Waals surface area contributed by atoms with Crippen LogP contribution in [0, 0.1) is 0 Å². The lowest BCUT2D eigenvalue weighted by atomic mass is 10.1. The van der Waals surface area contributed by atoms with E-state index in [0.29, 0.717) is 6.54 Å². The number of rotatable bonds is 5. The highest BCUT2D eigenvalue weighted by atomic mass is 15.0. The molecule has 0 aliphatic heterocycles. The monoisotopic (exact) mass is 214 g/mol. The normalized spacial score (nSPS) is 10.8. The van der Waals surface area contributed by atoms with Gasteiger partial charge in [-0.05, 0) is 31.0 Å². The molecule has 0 saturated carbocycles. The average Bonchev–Trinajstić information content (AvgIpc) is 2.66. The molecular weight excluding hydrogens is 196 g/mol. The molecule has 16 heavy (non-hydrogen) atoms. The van der Waals surface area contributed by atoms with Crippen molar-refractivity contribution in [2.24, 2.45) is 5.73 Å². The fourth-order valence-corrected chi connectivity index (χ4v) is 2.09. The maximum atomic E-state index is 5.64. The zero-order valence-electron chi connectivity index (χ0n) is 9.52. The second-order valence-electron chi connectivity index (χ2n) is 3.98. The molecule has 1 aromatic carbocycles. The standard InChI is InChI=1S/C14H18N2/c1-2-3-10-16-11-12(8-9-15)13-6-4-5-7-14(13)16/h2,4-7,11H,1,3,8-10,15H2. The minimum absolute atomic E-state index is 0.704. The predicted octanol–water partition coefficient (Wildman–Crippen LogP) is 2.72. The van der Waals surface area contributed by atoms with Crippen molar-refractivity contribution in [1.29, 1.82) is 0 Å². The lowest BCUT2D eigenvalue weighted by molar-refractivity contribution is 0.735. The van der Waals surface area contributed by atoms with E-state index in [1.54, 1.807) is 0 Å².